The van der Waals surface area contributed by atoms with Crippen LogP contribution in [0.3, 0.4) is 0 Å². The Hall–Kier alpha value is -2.18. The summed E-state index contributed by atoms with van der Waals surface area (Å²) < 4.78 is 25.0. The number of amides is 1. The van der Waals surface area contributed by atoms with Gasteiger partial charge >= 0.3 is 0 Å². The number of hydrogen-bond donors (Lipinski definition) is 0. The maximum absolute atomic E-state index is 13.1. The lowest BCUT2D eigenvalue weighted by atomic mass is 9.98. The van der Waals surface area contributed by atoms with Crippen molar-refractivity contribution in [2.24, 2.45) is 0 Å². The van der Waals surface area contributed by atoms with E-state index in [1.807, 2.05) is 68.4 Å². The summed E-state index contributed by atoms with van der Waals surface area (Å²) in [5, 5.41) is 0. The van der Waals surface area contributed by atoms with Crippen molar-refractivity contribution in [3.8, 4) is 0 Å². The zero-order valence-corrected chi connectivity index (χ0v) is 16.4. The minimum absolute atomic E-state index is 0.0180. The van der Waals surface area contributed by atoms with Crippen molar-refractivity contribution in [2.45, 2.75) is 32.0 Å². The highest BCUT2D eigenvalue weighted by Crippen LogP contribution is 2.36. The highest BCUT2D eigenvalue weighted by atomic mass is 32.2. The van der Waals surface area contributed by atoms with E-state index < -0.39 is 9.84 Å². The molecule has 0 saturated carbocycles. The fourth-order valence-electron chi connectivity index (χ4n) is 4.37. The Kier molecular flexibility index (Phi) is 4.56. The first-order valence-corrected chi connectivity index (χ1v) is 11.1. The number of carbonyl (C=O) groups excluding carboxylic acids is 1. The summed E-state index contributed by atoms with van der Waals surface area (Å²) in [5.74, 6) is 0.0847. The number of fused-ring (bicyclic) bond motifs is 1. The van der Waals surface area contributed by atoms with Gasteiger partial charge < -0.3 is 4.90 Å². The van der Waals surface area contributed by atoms with E-state index in [9.17, 15) is 13.2 Å². The number of anilines is 1. The lowest BCUT2D eigenvalue weighted by Gasteiger charge is -2.46. The van der Waals surface area contributed by atoms with Crippen LogP contribution in [0.2, 0.25) is 0 Å². The average molecular weight is 385 g/mol. The maximum atomic E-state index is 13.1. The van der Waals surface area contributed by atoms with Gasteiger partial charge in [-0.2, -0.15) is 0 Å². The summed E-state index contributed by atoms with van der Waals surface area (Å²) in [6, 6.07) is 17.1. The largest absolute Gasteiger partial charge is 0.306 e. The number of nitrogens with zero attached hydrogens (tertiary/aromatic N) is 2. The Morgan fingerprint density at radius 1 is 1.00 bits per heavy atom. The molecule has 0 aromatic heterocycles. The van der Waals surface area contributed by atoms with Crippen LogP contribution in [0.4, 0.5) is 5.69 Å². The number of hydrogen-bond acceptors (Lipinski definition) is 4. The summed E-state index contributed by atoms with van der Waals surface area (Å²) in [6.07, 6.45) is 0. The highest BCUT2D eigenvalue weighted by Gasteiger charge is 2.50. The first-order valence-electron chi connectivity index (χ1n) is 9.25. The fraction of sp³-hybridized carbons (Fsp3) is 0.381. The standard InChI is InChI=1S/C21H24N2O3S/c1-15-7-6-10-18(11-15)23-20-14-27(25,26)13-19(20)22(12-21(23)24)16(2)17-8-4-3-5-9-17/h3-11,16,19-20H,12-14H2,1-2H3/t16-,19+,20-/m1/s1. The van der Waals surface area contributed by atoms with E-state index >= 15 is 0 Å². The molecule has 2 fully saturated rings. The molecule has 2 aromatic rings. The molecule has 142 valence electrons. The molecule has 2 aliphatic rings. The van der Waals surface area contributed by atoms with Crippen LogP contribution in [0.25, 0.3) is 0 Å². The molecule has 2 aliphatic heterocycles. The second kappa shape index (κ2) is 6.77. The molecule has 4 rings (SSSR count). The summed E-state index contributed by atoms with van der Waals surface area (Å²) in [7, 11) is -3.19. The molecule has 0 spiro atoms. The highest BCUT2D eigenvalue weighted by molar-refractivity contribution is 7.91. The molecule has 2 aromatic carbocycles. The van der Waals surface area contributed by atoms with Crippen molar-refractivity contribution in [2.75, 3.05) is 23.0 Å². The van der Waals surface area contributed by atoms with Gasteiger partial charge in [-0.3, -0.25) is 9.69 Å². The van der Waals surface area contributed by atoms with Crippen LogP contribution < -0.4 is 4.90 Å². The van der Waals surface area contributed by atoms with Crippen molar-refractivity contribution in [1.29, 1.82) is 0 Å². The SMILES string of the molecule is Cc1cccc(N2C(=O)CN([C@H](C)c3ccccc3)[C@H]3CS(=O)(=O)C[C@H]32)c1. The zero-order chi connectivity index (χ0) is 19.2. The van der Waals surface area contributed by atoms with Crippen molar-refractivity contribution < 1.29 is 13.2 Å². The molecular weight excluding hydrogens is 360 g/mol. The number of piperazine rings is 1. The van der Waals surface area contributed by atoms with Gasteiger partial charge in [-0.1, -0.05) is 42.5 Å². The second-order valence-electron chi connectivity index (χ2n) is 7.57. The minimum Gasteiger partial charge on any atom is -0.306 e. The van der Waals surface area contributed by atoms with Gasteiger partial charge in [0.25, 0.3) is 0 Å². The van der Waals surface area contributed by atoms with E-state index in [0.717, 1.165) is 16.8 Å². The van der Waals surface area contributed by atoms with Crippen LogP contribution in [-0.4, -0.2) is 49.4 Å². The van der Waals surface area contributed by atoms with E-state index in [1.165, 1.54) is 0 Å². The third-order valence-electron chi connectivity index (χ3n) is 5.70. The quantitative estimate of drug-likeness (QED) is 0.816. The average Bonchev–Trinajstić information content (AvgIpc) is 2.95. The Balaban J connectivity index is 1.72. The van der Waals surface area contributed by atoms with Crippen molar-refractivity contribution in [1.82, 2.24) is 4.90 Å². The molecule has 0 bridgehead atoms. The van der Waals surface area contributed by atoms with Crippen molar-refractivity contribution in [3.63, 3.8) is 0 Å². The Morgan fingerprint density at radius 3 is 2.41 bits per heavy atom. The summed E-state index contributed by atoms with van der Waals surface area (Å²) in [5.41, 5.74) is 2.94. The monoisotopic (exact) mass is 384 g/mol. The molecule has 1 amide bonds. The molecule has 27 heavy (non-hydrogen) atoms. The van der Waals surface area contributed by atoms with E-state index in [1.54, 1.807) is 4.90 Å². The van der Waals surface area contributed by atoms with Gasteiger partial charge in [-0.15, -0.1) is 0 Å². The molecule has 3 atom stereocenters. The molecule has 0 N–H and O–H groups in total. The number of benzene rings is 2. The molecule has 6 heteroatoms. The van der Waals surface area contributed by atoms with Gasteiger partial charge in [0.05, 0.1) is 24.1 Å². The van der Waals surface area contributed by atoms with Crippen LogP contribution in [-0.2, 0) is 14.6 Å². The minimum atomic E-state index is -3.19. The number of aryl methyl sites for hydroxylation is 1. The lowest BCUT2D eigenvalue weighted by Crippen LogP contribution is -2.62. The summed E-state index contributed by atoms with van der Waals surface area (Å²) in [4.78, 5) is 16.9. The predicted octanol–water partition coefficient (Wildman–Crippen LogP) is 2.57. The topological polar surface area (TPSA) is 57.7 Å². The molecule has 0 aliphatic carbocycles. The molecule has 2 saturated heterocycles. The normalized spacial score (nSPS) is 26.0. The molecule has 0 unspecified atom stereocenters. The first-order chi connectivity index (χ1) is 12.9. The van der Waals surface area contributed by atoms with Crippen molar-refractivity contribution in [3.05, 3.63) is 65.7 Å². The van der Waals surface area contributed by atoms with Gasteiger partial charge in [0, 0.05) is 17.8 Å². The molecule has 5 nitrogen and oxygen atoms in total. The Morgan fingerprint density at radius 2 is 1.70 bits per heavy atom. The van der Waals surface area contributed by atoms with Crippen LogP contribution in [0, 0.1) is 6.92 Å². The third-order valence-corrected chi connectivity index (χ3v) is 7.40. The van der Waals surface area contributed by atoms with Gasteiger partial charge in [-0.25, -0.2) is 8.42 Å². The molecule has 0 radical (unpaired) electrons. The Bertz CT molecular complexity index is 958. The second-order valence-corrected chi connectivity index (χ2v) is 9.73. The smallest absolute Gasteiger partial charge is 0.241 e. The van der Waals surface area contributed by atoms with E-state index in [0.29, 0.717) is 0 Å². The first kappa shape index (κ1) is 18.2. The van der Waals surface area contributed by atoms with Gasteiger partial charge in [0.1, 0.15) is 0 Å². The maximum Gasteiger partial charge on any atom is 0.241 e. The van der Waals surface area contributed by atoms with E-state index in [4.69, 9.17) is 0 Å². The predicted molar refractivity (Wildman–Crippen MR) is 106 cm³/mol. The van der Waals surface area contributed by atoms with Crippen LogP contribution in [0.1, 0.15) is 24.1 Å². The number of carbonyl (C=O) groups is 1. The lowest BCUT2D eigenvalue weighted by molar-refractivity contribution is -0.124. The number of rotatable bonds is 3. The summed E-state index contributed by atoms with van der Waals surface area (Å²) >= 11 is 0. The zero-order valence-electron chi connectivity index (χ0n) is 15.6. The molecule has 2 heterocycles. The number of sulfone groups is 1. The van der Waals surface area contributed by atoms with Crippen LogP contribution in [0.15, 0.2) is 54.6 Å². The fourth-order valence-corrected chi connectivity index (χ4v) is 6.33. The van der Waals surface area contributed by atoms with Crippen LogP contribution in [0.5, 0.6) is 0 Å². The van der Waals surface area contributed by atoms with E-state index in [2.05, 4.69) is 4.90 Å². The molecular formula is C21H24N2O3S. The Labute approximate surface area is 160 Å². The van der Waals surface area contributed by atoms with E-state index in [-0.39, 0.29) is 42.1 Å². The van der Waals surface area contributed by atoms with Crippen molar-refractivity contribution >= 4 is 21.4 Å². The van der Waals surface area contributed by atoms with Gasteiger partial charge in [0.2, 0.25) is 5.91 Å². The summed E-state index contributed by atoms with van der Waals surface area (Å²) in [6.45, 7) is 4.25. The third kappa shape index (κ3) is 3.39. The van der Waals surface area contributed by atoms with Crippen LogP contribution >= 0.6 is 0 Å². The van der Waals surface area contributed by atoms with Gasteiger partial charge in [0.15, 0.2) is 9.84 Å². The van der Waals surface area contributed by atoms with Gasteiger partial charge in [-0.05, 0) is 37.1 Å².